The molecule has 0 saturated carbocycles. The number of aromatic nitrogens is 1. The fraction of sp³-hybridized carbons (Fsp3) is 0.250. The minimum absolute atomic E-state index is 0.0524. The Kier molecular flexibility index (Phi) is 3.73. The number of nitrogens with zero attached hydrogens (tertiary/aromatic N) is 2. The van der Waals surface area contributed by atoms with Crippen LogP contribution in [0.25, 0.3) is 0 Å². The summed E-state index contributed by atoms with van der Waals surface area (Å²) in [6, 6.07) is 13.4. The number of para-hydroxylation sites is 2. The molecule has 0 aliphatic carbocycles. The number of carbonyl (C=O) groups is 1. The highest BCUT2D eigenvalue weighted by atomic mass is 16.5. The Hall–Kier alpha value is -2.56. The van der Waals surface area contributed by atoms with E-state index in [1.165, 1.54) is 0 Å². The molecule has 2 heterocycles. The second-order valence-corrected chi connectivity index (χ2v) is 4.81. The van der Waals surface area contributed by atoms with E-state index in [0.717, 1.165) is 22.9 Å². The predicted molar refractivity (Wildman–Crippen MR) is 81.5 cm³/mol. The first kappa shape index (κ1) is 13.4. The van der Waals surface area contributed by atoms with Crippen LogP contribution in [0.3, 0.4) is 0 Å². The number of hydrogen-bond acceptors (Lipinski definition) is 4. The maximum atomic E-state index is 12.3. The summed E-state index contributed by atoms with van der Waals surface area (Å²) in [7, 11) is 1.83. The lowest BCUT2D eigenvalue weighted by Crippen LogP contribution is -2.30. The van der Waals surface area contributed by atoms with Crippen LogP contribution in [0.4, 0.5) is 11.5 Å². The monoisotopic (exact) mass is 283 g/mol. The van der Waals surface area contributed by atoms with Crippen molar-refractivity contribution in [1.29, 1.82) is 0 Å². The first-order valence-electron chi connectivity index (χ1n) is 6.94. The molecule has 1 aromatic carbocycles. The third-order valence-corrected chi connectivity index (χ3v) is 3.41. The van der Waals surface area contributed by atoms with Crippen molar-refractivity contribution in [3.63, 3.8) is 0 Å². The Morgan fingerprint density at radius 1 is 1.24 bits per heavy atom. The lowest BCUT2D eigenvalue weighted by atomic mass is 10.2. The maximum absolute atomic E-state index is 12.3. The summed E-state index contributed by atoms with van der Waals surface area (Å²) in [5.74, 6) is 1.59. The molecule has 1 aliphatic rings. The third kappa shape index (κ3) is 2.81. The van der Waals surface area contributed by atoms with Gasteiger partial charge in [-0.25, -0.2) is 4.98 Å². The standard InChI is InChI=1S/C16H17N3O2/c1-17-15-8-4-5-12(18-15)11-19-13-6-2-3-7-14(13)21-10-9-16(19)20/h2-8H,9-11H2,1H3,(H,17,18). The number of hydrogen-bond donors (Lipinski definition) is 1. The Labute approximate surface area is 123 Å². The van der Waals surface area contributed by atoms with Gasteiger partial charge in [-0.1, -0.05) is 18.2 Å². The molecule has 21 heavy (non-hydrogen) atoms. The first-order chi connectivity index (χ1) is 10.3. The van der Waals surface area contributed by atoms with Crippen molar-refractivity contribution in [3.05, 3.63) is 48.2 Å². The number of benzene rings is 1. The summed E-state index contributed by atoms with van der Waals surface area (Å²) in [5.41, 5.74) is 1.64. The molecule has 0 fully saturated rings. The summed E-state index contributed by atoms with van der Waals surface area (Å²) < 4.78 is 5.64. The Morgan fingerprint density at radius 2 is 2.10 bits per heavy atom. The normalized spacial score (nSPS) is 14.1. The van der Waals surface area contributed by atoms with Gasteiger partial charge in [0.25, 0.3) is 0 Å². The molecule has 0 atom stereocenters. The number of ether oxygens (including phenoxy) is 1. The second kappa shape index (κ2) is 5.83. The number of carbonyl (C=O) groups excluding carboxylic acids is 1. The lowest BCUT2D eigenvalue weighted by Gasteiger charge is -2.21. The summed E-state index contributed by atoms with van der Waals surface area (Å²) in [5, 5.41) is 3.01. The van der Waals surface area contributed by atoms with E-state index < -0.39 is 0 Å². The maximum Gasteiger partial charge on any atom is 0.230 e. The van der Waals surface area contributed by atoms with Crippen molar-refractivity contribution in [2.24, 2.45) is 0 Å². The van der Waals surface area contributed by atoms with Gasteiger partial charge in [-0.2, -0.15) is 0 Å². The topological polar surface area (TPSA) is 54.5 Å². The molecule has 5 heteroatoms. The summed E-state index contributed by atoms with van der Waals surface area (Å²) in [4.78, 5) is 18.6. The molecule has 1 aromatic heterocycles. The van der Waals surface area contributed by atoms with Gasteiger partial charge in [0.15, 0.2) is 0 Å². The van der Waals surface area contributed by atoms with Gasteiger partial charge in [-0.15, -0.1) is 0 Å². The van der Waals surface area contributed by atoms with Gasteiger partial charge >= 0.3 is 0 Å². The highest BCUT2D eigenvalue weighted by Crippen LogP contribution is 2.31. The Balaban J connectivity index is 1.93. The molecule has 3 rings (SSSR count). The zero-order valence-electron chi connectivity index (χ0n) is 11.9. The van der Waals surface area contributed by atoms with E-state index in [4.69, 9.17) is 4.74 Å². The number of amides is 1. The molecule has 1 aliphatic heterocycles. The van der Waals surface area contributed by atoms with Gasteiger partial charge in [0, 0.05) is 7.05 Å². The fourth-order valence-electron chi connectivity index (χ4n) is 2.36. The molecule has 0 unspecified atom stereocenters. The number of rotatable bonds is 3. The highest BCUT2D eigenvalue weighted by Gasteiger charge is 2.23. The molecule has 0 saturated heterocycles. The van der Waals surface area contributed by atoms with Crippen LogP contribution in [0.1, 0.15) is 12.1 Å². The number of fused-ring (bicyclic) bond motifs is 1. The molecule has 0 bridgehead atoms. The first-order valence-corrected chi connectivity index (χ1v) is 6.94. The van der Waals surface area contributed by atoms with Crippen molar-refractivity contribution in [2.45, 2.75) is 13.0 Å². The van der Waals surface area contributed by atoms with Gasteiger partial charge in [0.2, 0.25) is 5.91 Å². The number of pyridine rings is 1. The molecule has 5 nitrogen and oxygen atoms in total. The molecule has 108 valence electrons. The van der Waals surface area contributed by atoms with Crippen molar-refractivity contribution >= 4 is 17.4 Å². The van der Waals surface area contributed by atoms with Crippen molar-refractivity contribution in [1.82, 2.24) is 4.98 Å². The predicted octanol–water partition coefficient (Wildman–Crippen LogP) is 2.44. The zero-order chi connectivity index (χ0) is 14.7. The zero-order valence-corrected chi connectivity index (χ0v) is 11.9. The summed E-state index contributed by atoms with van der Waals surface area (Å²) in [6.07, 6.45) is 0.375. The Morgan fingerprint density at radius 3 is 2.95 bits per heavy atom. The van der Waals surface area contributed by atoms with Crippen LogP contribution in [-0.4, -0.2) is 24.5 Å². The van der Waals surface area contributed by atoms with Gasteiger partial charge in [-0.05, 0) is 24.3 Å². The van der Waals surface area contributed by atoms with Crippen LogP contribution in [0, 0.1) is 0 Å². The summed E-state index contributed by atoms with van der Waals surface area (Å²) in [6.45, 7) is 0.852. The SMILES string of the molecule is CNc1cccc(CN2C(=O)CCOc3ccccc32)n1. The molecular weight excluding hydrogens is 266 g/mol. The van der Waals surface area contributed by atoms with Gasteiger partial charge in [-0.3, -0.25) is 4.79 Å². The molecule has 1 N–H and O–H groups in total. The Bertz CT molecular complexity index is 657. The van der Waals surface area contributed by atoms with E-state index in [-0.39, 0.29) is 5.91 Å². The molecule has 1 amide bonds. The quantitative estimate of drug-likeness (QED) is 0.940. The van der Waals surface area contributed by atoms with E-state index in [9.17, 15) is 4.79 Å². The van der Waals surface area contributed by atoms with Gasteiger partial charge < -0.3 is 15.0 Å². The average molecular weight is 283 g/mol. The van der Waals surface area contributed by atoms with Gasteiger partial charge in [0.1, 0.15) is 11.6 Å². The van der Waals surface area contributed by atoms with Crippen LogP contribution in [-0.2, 0) is 11.3 Å². The minimum Gasteiger partial charge on any atom is -0.491 e. The van der Waals surface area contributed by atoms with E-state index in [2.05, 4.69) is 10.3 Å². The molecular formula is C16H17N3O2. The average Bonchev–Trinajstić information content (AvgIpc) is 2.68. The van der Waals surface area contributed by atoms with E-state index in [1.54, 1.807) is 4.90 Å². The van der Waals surface area contributed by atoms with Crippen LogP contribution < -0.4 is 15.0 Å². The third-order valence-electron chi connectivity index (χ3n) is 3.41. The smallest absolute Gasteiger partial charge is 0.230 e. The van der Waals surface area contributed by atoms with Crippen molar-refractivity contribution in [3.8, 4) is 5.75 Å². The van der Waals surface area contributed by atoms with Crippen LogP contribution >= 0.6 is 0 Å². The van der Waals surface area contributed by atoms with E-state index in [1.807, 2.05) is 49.5 Å². The minimum atomic E-state index is 0.0524. The van der Waals surface area contributed by atoms with Gasteiger partial charge in [0.05, 0.1) is 31.0 Å². The van der Waals surface area contributed by atoms with Crippen molar-refractivity contribution in [2.75, 3.05) is 23.9 Å². The fourth-order valence-corrected chi connectivity index (χ4v) is 2.36. The molecule has 0 radical (unpaired) electrons. The lowest BCUT2D eigenvalue weighted by molar-refractivity contribution is -0.118. The van der Waals surface area contributed by atoms with Crippen LogP contribution in [0.5, 0.6) is 5.75 Å². The molecule has 0 spiro atoms. The number of anilines is 2. The highest BCUT2D eigenvalue weighted by molar-refractivity contribution is 5.95. The number of nitrogens with one attached hydrogen (secondary N) is 1. The van der Waals surface area contributed by atoms with Crippen molar-refractivity contribution < 1.29 is 9.53 Å². The van der Waals surface area contributed by atoms with Crippen LogP contribution in [0.2, 0.25) is 0 Å². The summed E-state index contributed by atoms with van der Waals surface area (Å²) >= 11 is 0. The largest absolute Gasteiger partial charge is 0.491 e. The van der Waals surface area contributed by atoms with E-state index >= 15 is 0 Å². The van der Waals surface area contributed by atoms with E-state index in [0.29, 0.717) is 19.6 Å². The van der Waals surface area contributed by atoms with Crippen LogP contribution in [0.15, 0.2) is 42.5 Å². The molecule has 2 aromatic rings. The second-order valence-electron chi connectivity index (χ2n) is 4.81.